The standard InChI is InChI=1S/C19H14F5N3O2/c1-9(11-5-4-10(20)7-13(11)21)26-15(28)8-12-16(19(22,23)24)17-14(27-18(12)29)3-2-6-25-17/h2-7,9H,8H2,1H3,(H,26,28)(H,27,29)/t9-/m0/s1. The van der Waals surface area contributed by atoms with Crippen molar-refractivity contribution in [3.8, 4) is 0 Å². The molecule has 3 aromatic rings. The quantitative estimate of drug-likeness (QED) is 0.644. The molecule has 0 spiro atoms. The molecular weight excluding hydrogens is 397 g/mol. The number of rotatable bonds is 4. The van der Waals surface area contributed by atoms with Gasteiger partial charge in [-0.25, -0.2) is 8.78 Å². The summed E-state index contributed by atoms with van der Waals surface area (Å²) in [6, 6.07) is 4.40. The van der Waals surface area contributed by atoms with Gasteiger partial charge in [-0.05, 0) is 25.1 Å². The normalized spacial score (nSPS) is 12.8. The summed E-state index contributed by atoms with van der Waals surface area (Å²) in [6.45, 7) is 1.38. The smallest absolute Gasteiger partial charge is 0.349 e. The van der Waals surface area contributed by atoms with Crippen molar-refractivity contribution < 1.29 is 26.7 Å². The number of aromatic amines is 1. The summed E-state index contributed by atoms with van der Waals surface area (Å²) in [6.07, 6.45) is -4.69. The van der Waals surface area contributed by atoms with E-state index in [1.165, 1.54) is 19.1 Å². The fourth-order valence-corrected chi connectivity index (χ4v) is 3.02. The van der Waals surface area contributed by atoms with Gasteiger partial charge in [0.05, 0.1) is 29.1 Å². The topological polar surface area (TPSA) is 74.8 Å². The minimum absolute atomic E-state index is 0.0510. The number of alkyl halides is 3. The van der Waals surface area contributed by atoms with Gasteiger partial charge in [-0.1, -0.05) is 6.07 Å². The molecule has 2 aromatic heterocycles. The molecule has 0 saturated carbocycles. The predicted molar refractivity (Wildman–Crippen MR) is 94.0 cm³/mol. The second-order valence-corrected chi connectivity index (χ2v) is 6.34. The minimum Gasteiger partial charge on any atom is -0.349 e. The summed E-state index contributed by atoms with van der Waals surface area (Å²) in [5.41, 5.74) is -3.82. The zero-order valence-corrected chi connectivity index (χ0v) is 14.9. The van der Waals surface area contributed by atoms with Crippen molar-refractivity contribution in [1.29, 1.82) is 0 Å². The molecule has 29 heavy (non-hydrogen) atoms. The number of pyridine rings is 2. The van der Waals surface area contributed by atoms with E-state index >= 15 is 0 Å². The maximum absolute atomic E-state index is 13.8. The van der Waals surface area contributed by atoms with E-state index < -0.39 is 58.4 Å². The lowest BCUT2D eigenvalue weighted by Gasteiger charge is -2.17. The zero-order chi connectivity index (χ0) is 21.3. The highest BCUT2D eigenvalue weighted by Crippen LogP contribution is 2.35. The van der Waals surface area contributed by atoms with Crippen molar-refractivity contribution >= 4 is 16.9 Å². The summed E-state index contributed by atoms with van der Waals surface area (Å²) >= 11 is 0. The number of carbonyl (C=O) groups is 1. The lowest BCUT2D eigenvalue weighted by atomic mass is 10.0. The van der Waals surface area contributed by atoms with Crippen molar-refractivity contribution in [1.82, 2.24) is 15.3 Å². The number of carbonyl (C=O) groups excluding carboxylic acids is 1. The van der Waals surface area contributed by atoms with E-state index in [0.29, 0.717) is 6.07 Å². The first kappa shape index (κ1) is 20.4. The van der Waals surface area contributed by atoms with E-state index in [1.807, 2.05) is 0 Å². The average Bonchev–Trinajstić information content (AvgIpc) is 2.60. The van der Waals surface area contributed by atoms with Crippen LogP contribution in [0.1, 0.15) is 29.7 Å². The molecule has 2 N–H and O–H groups in total. The maximum atomic E-state index is 13.8. The van der Waals surface area contributed by atoms with Crippen molar-refractivity contribution in [2.75, 3.05) is 0 Å². The van der Waals surface area contributed by atoms with Gasteiger partial charge < -0.3 is 10.3 Å². The van der Waals surface area contributed by atoms with Gasteiger partial charge in [0.25, 0.3) is 5.56 Å². The molecule has 0 aliphatic heterocycles. The van der Waals surface area contributed by atoms with Gasteiger partial charge in [0.2, 0.25) is 5.91 Å². The third-order valence-electron chi connectivity index (χ3n) is 4.30. The van der Waals surface area contributed by atoms with Crippen LogP contribution in [0.5, 0.6) is 0 Å². The zero-order valence-electron chi connectivity index (χ0n) is 14.9. The predicted octanol–water partition coefficient (Wildman–Crippen LogP) is 3.64. The van der Waals surface area contributed by atoms with Crippen LogP contribution in [-0.4, -0.2) is 15.9 Å². The molecule has 0 fully saturated rings. The summed E-state index contributed by atoms with van der Waals surface area (Å²) in [7, 11) is 0. The molecule has 0 unspecified atom stereocenters. The van der Waals surface area contributed by atoms with E-state index in [0.717, 1.165) is 18.3 Å². The van der Waals surface area contributed by atoms with Crippen LogP contribution in [0.25, 0.3) is 11.0 Å². The van der Waals surface area contributed by atoms with Crippen LogP contribution in [-0.2, 0) is 17.4 Å². The van der Waals surface area contributed by atoms with Crippen LogP contribution in [0, 0.1) is 11.6 Å². The number of fused-ring (bicyclic) bond motifs is 1. The molecule has 0 aliphatic carbocycles. The molecule has 0 aliphatic rings. The number of H-pyrrole nitrogens is 1. The second kappa shape index (κ2) is 7.61. The van der Waals surface area contributed by atoms with Crippen molar-refractivity contribution in [2.24, 2.45) is 0 Å². The average molecular weight is 411 g/mol. The minimum atomic E-state index is -4.93. The van der Waals surface area contributed by atoms with Crippen LogP contribution in [0.4, 0.5) is 22.0 Å². The number of amides is 1. The van der Waals surface area contributed by atoms with Crippen LogP contribution in [0.3, 0.4) is 0 Å². The fourth-order valence-electron chi connectivity index (χ4n) is 3.02. The number of halogens is 5. The lowest BCUT2D eigenvalue weighted by molar-refractivity contribution is -0.137. The molecule has 1 atom stereocenters. The van der Waals surface area contributed by atoms with Gasteiger partial charge in [0, 0.05) is 23.4 Å². The van der Waals surface area contributed by atoms with E-state index in [4.69, 9.17) is 0 Å². The molecule has 0 bridgehead atoms. The van der Waals surface area contributed by atoms with Crippen LogP contribution >= 0.6 is 0 Å². The number of hydrogen-bond donors (Lipinski definition) is 2. The molecule has 3 rings (SSSR count). The number of nitrogens with one attached hydrogen (secondary N) is 2. The molecule has 152 valence electrons. The Hall–Kier alpha value is -3.30. The molecule has 1 amide bonds. The molecule has 2 heterocycles. The Morgan fingerprint density at radius 1 is 1.24 bits per heavy atom. The van der Waals surface area contributed by atoms with Gasteiger partial charge in [-0.3, -0.25) is 14.6 Å². The first-order chi connectivity index (χ1) is 13.6. The van der Waals surface area contributed by atoms with E-state index in [2.05, 4.69) is 15.3 Å². The molecule has 0 saturated heterocycles. The van der Waals surface area contributed by atoms with Gasteiger partial charge in [-0.2, -0.15) is 13.2 Å². The van der Waals surface area contributed by atoms with Crippen molar-refractivity contribution in [3.63, 3.8) is 0 Å². The fraction of sp³-hybridized carbons (Fsp3) is 0.211. The third-order valence-corrected chi connectivity index (χ3v) is 4.30. The number of nitrogens with zero attached hydrogens (tertiary/aromatic N) is 1. The van der Waals surface area contributed by atoms with E-state index in [9.17, 15) is 31.5 Å². The van der Waals surface area contributed by atoms with Crippen LogP contribution in [0.2, 0.25) is 0 Å². The first-order valence-electron chi connectivity index (χ1n) is 8.39. The highest BCUT2D eigenvalue weighted by Gasteiger charge is 2.38. The molecule has 10 heteroatoms. The molecular formula is C19H14F5N3O2. The Labute approximate surface area is 160 Å². The van der Waals surface area contributed by atoms with E-state index in [1.54, 1.807) is 0 Å². The molecule has 0 radical (unpaired) electrons. The highest BCUT2D eigenvalue weighted by molar-refractivity contribution is 5.84. The summed E-state index contributed by atoms with van der Waals surface area (Å²) in [5.74, 6) is -2.66. The Balaban J connectivity index is 1.94. The summed E-state index contributed by atoms with van der Waals surface area (Å²) in [5, 5.41) is 2.32. The van der Waals surface area contributed by atoms with E-state index in [-0.39, 0.29) is 11.1 Å². The molecule has 5 nitrogen and oxygen atoms in total. The molecule has 1 aromatic carbocycles. The van der Waals surface area contributed by atoms with Crippen LogP contribution < -0.4 is 10.9 Å². The Morgan fingerprint density at radius 3 is 2.62 bits per heavy atom. The van der Waals surface area contributed by atoms with Gasteiger partial charge >= 0.3 is 6.18 Å². The largest absolute Gasteiger partial charge is 0.419 e. The van der Waals surface area contributed by atoms with Gasteiger partial charge in [0.15, 0.2) is 0 Å². The van der Waals surface area contributed by atoms with Crippen LogP contribution in [0.15, 0.2) is 41.3 Å². The summed E-state index contributed by atoms with van der Waals surface area (Å²) < 4.78 is 67.7. The second-order valence-electron chi connectivity index (χ2n) is 6.34. The monoisotopic (exact) mass is 411 g/mol. The Kier molecular flexibility index (Phi) is 5.36. The number of benzene rings is 1. The van der Waals surface area contributed by atoms with Crippen molar-refractivity contribution in [2.45, 2.75) is 25.6 Å². The van der Waals surface area contributed by atoms with Gasteiger partial charge in [-0.15, -0.1) is 0 Å². The van der Waals surface area contributed by atoms with Crippen molar-refractivity contribution in [3.05, 3.63) is 75.2 Å². The Bertz CT molecular complexity index is 1140. The lowest BCUT2D eigenvalue weighted by Crippen LogP contribution is -2.32. The highest BCUT2D eigenvalue weighted by atomic mass is 19.4. The Morgan fingerprint density at radius 2 is 1.97 bits per heavy atom. The SMILES string of the molecule is C[C@H](NC(=O)Cc1c(C(F)(F)F)c2ncccc2[nH]c1=O)c1ccc(F)cc1F. The number of aromatic nitrogens is 2. The number of hydrogen-bond acceptors (Lipinski definition) is 3. The third kappa shape index (κ3) is 4.25. The maximum Gasteiger partial charge on any atom is 0.419 e. The first-order valence-corrected chi connectivity index (χ1v) is 8.39. The summed E-state index contributed by atoms with van der Waals surface area (Å²) in [4.78, 5) is 30.5. The van der Waals surface area contributed by atoms with Gasteiger partial charge in [0.1, 0.15) is 11.6 Å².